The maximum atomic E-state index is 12.7. The SMILES string of the molecule is C[C@H](O[P+](=O)OC(CCCCc1ccccc1)c1ccccc1)C(=O)N1CCC[C@H]1C(=O)O. The largest absolute Gasteiger partial charge is 0.698 e. The summed E-state index contributed by atoms with van der Waals surface area (Å²) in [6.07, 6.45) is 3.02. The zero-order chi connectivity index (χ0) is 23.6. The number of carboxylic acid groups (broad SMARTS) is 1. The molecule has 0 aromatic heterocycles. The zero-order valence-electron chi connectivity index (χ0n) is 18.8. The summed E-state index contributed by atoms with van der Waals surface area (Å²) < 4.78 is 23.8. The normalized spacial score (nSPS) is 18.0. The smallest absolute Gasteiger partial charge is 0.480 e. The fraction of sp³-hybridized carbons (Fsp3) is 0.440. The molecule has 2 aromatic carbocycles. The monoisotopic (exact) mass is 472 g/mol. The summed E-state index contributed by atoms with van der Waals surface area (Å²) in [6.45, 7) is 1.84. The highest BCUT2D eigenvalue weighted by molar-refractivity contribution is 7.33. The number of carbonyl (C=O) groups is 2. The highest BCUT2D eigenvalue weighted by atomic mass is 31.1. The minimum absolute atomic E-state index is 0.356. The molecule has 2 aromatic rings. The van der Waals surface area contributed by atoms with Crippen LogP contribution in [0, 0.1) is 0 Å². The molecule has 1 aliphatic heterocycles. The number of carbonyl (C=O) groups excluding carboxylic acids is 1. The molecule has 1 aliphatic rings. The average Bonchev–Trinajstić information content (AvgIpc) is 3.32. The molecule has 1 heterocycles. The Bertz CT molecular complexity index is 923. The number of hydrogen-bond acceptors (Lipinski definition) is 5. The van der Waals surface area contributed by atoms with Crippen LogP contribution in [-0.4, -0.2) is 40.6 Å². The Morgan fingerprint density at radius 2 is 1.73 bits per heavy atom. The molecule has 1 N–H and O–H groups in total. The van der Waals surface area contributed by atoms with Crippen LogP contribution in [0.15, 0.2) is 60.7 Å². The van der Waals surface area contributed by atoms with Crippen molar-refractivity contribution in [2.75, 3.05) is 6.54 Å². The molecule has 2 unspecified atom stereocenters. The highest BCUT2D eigenvalue weighted by Crippen LogP contribution is 2.37. The topological polar surface area (TPSA) is 93.1 Å². The van der Waals surface area contributed by atoms with Gasteiger partial charge in [0.2, 0.25) is 0 Å². The van der Waals surface area contributed by atoms with Gasteiger partial charge in [0.15, 0.2) is 6.10 Å². The van der Waals surface area contributed by atoms with Gasteiger partial charge in [-0.15, -0.1) is 9.05 Å². The van der Waals surface area contributed by atoms with Gasteiger partial charge in [0.1, 0.15) is 12.1 Å². The first-order chi connectivity index (χ1) is 16.0. The van der Waals surface area contributed by atoms with Crippen LogP contribution >= 0.6 is 8.25 Å². The molecule has 0 bridgehead atoms. The third-order valence-electron chi connectivity index (χ3n) is 5.82. The molecule has 1 saturated heterocycles. The Morgan fingerprint density at radius 1 is 1.06 bits per heavy atom. The van der Waals surface area contributed by atoms with Gasteiger partial charge in [-0.2, -0.15) is 0 Å². The second kappa shape index (κ2) is 12.6. The molecule has 8 heteroatoms. The standard InChI is InChI=1S/C25H30NO6P/c1-19(24(27)26-18-10-16-22(26)25(28)29)31-33(30)32-23(21-14-6-3-7-15-21)17-9-8-13-20-11-4-2-5-12-20/h2-7,11-12,14-15,19,22-23H,8-10,13,16-18H2,1H3/p+1/t19-,22-,23?/m0/s1. The number of likely N-dealkylation sites (tertiary alicyclic amines) is 1. The lowest BCUT2D eigenvalue weighted by molar-refractivity contribution is -0.151. The molecular weight excluding hydrogens is 441 g/mol. The lowest BCUT2D eigenvalue weighted by Crippen LogP contribution is -2.44. The summed E-state index contributed by atoms with van der Waals surface area (Å²) in [5, 5.41) is 9.30. The number of rotatable bonds is 12. The second-order valence-electron chi connectivity index (χ2n) is 8.24. The Hall–Kier alpha value is -2.60. The van der Waals surface area contributed by atoms with E-state index in [1.54, 1.807) is 0 Å². The van der Waals surface area contributed by atoms with Crippen molar-refractivity contribution in [2.24, 2.45) is 0 Å². The van der Waals surface area contributed by atoms with Gasteiger partial charge in [-0.05, 0) is 56.6 Å². The van der Waals surface area contributed by atoms with Crippen molar-refractivity contribution < 1.29 is 28.3 Å². The van der Waals surface area contributed by atoms with Gasteiger partial charge in [-0.3, -0.25) is 4.79 Å². The van der Waals surface area contributed by atoms with Gasteiger partial charge in [-0.25, -0.2) is 4.79 Å². The molecule has 33 heavy (non-hydrogen) atoms. The second-order valence-corrected chi connectivity index (χ2v) is 9.10. The van der Waals surface area contributed by atoms with E-state index in [4.69, 9.17) is 9.05 Å². The van der Waals surface area contributed by atoms with Gasteiger partial charge >= 0.3 is 14.2 Å². The molecule has 0 saturated carbocycles. The van der Waals surface area contributed by atoms with E-state index in [0.717, 1.165) is 24.8 Å². The number of carboxylic acids is 1. The van der Waals surface area contributed by atoms with Gasteiger partial charge in [-0.1, -0.05) is 60.7 Å². The van der Waals surface area contributed by atoms with E-state index in [1.807, 2.05) is 48.5 Å². The average molecular weight is 472 g/mol. The first-order valence-electron chi connectivity index (χ1n) is 11.4. The van der Waals surface area contributed by atoms with E-state index in [1.165, 1.54) is 17.4 Å². The van der Waals surface area contributed by atoms with Crippen LogP contribution in [0.1, 0.15) is 56.3 Å². The molecular formula is C25H31NO6P+. The van der Waals surface area contributed by atoms with Crippen LogP contribution < -0.4 is 0 Å². The number of hydrogen-bond donors (Lipinski definition) is 1. The van der Waals surface area contributed by atoms with E-state index in [-0.39, 0.29) is 0 Å². The number of aryl methyl sites for hydroxylation is 1. The lowest BCUT2D eigenvalue weighted by atomic mass is 10.0. The quantitative estimate of drug-likeness (QED) is 0.333. The van der Waals surface area contributed by atoms with Crippen LogP contribution in [0.4, 0.5) is 0 Å². The summed E-state index contributed by atoms with van der Waals surface area (Å²) in [6, 6.07) is 18.9. The van der Waals surface area contributed by atoms with E-state index < -0.39 is 38.4 Å². The molecule has 176 valence electrons. The summed E-state index contributed by atoms with van der Waals surface area (Å²) in [4.78, 5) is 25.3. The van der Waals surface area contributed by atoms with Crippen LogP contribution in [0.5, 0.6) is 0 Å². The molecule has 3 rings (SSSR count). The third kappa shape index (κ3) is 7.46. The molecule has 1 amide bonds. The Labute approximate surface area is 195 Å². The summed E-state index contributed by atoms with van der Waals surface area (Å²) >= 11 is 0. The van der Waals surface area contributed by atoms with E-state index in [9.17, 15) is 19.3 Å². The molecule has 4 atom stereocenters. The Kier molecular flexibility index (Phi) is 9.55. The summed E-state index contributed by atoms with van der Waals surface area (Å²) in [5.41, 5.74) is 2.17. The Balaban J connectivity index is 1.54. The first-order valence-corrected chi connectivity index (χ1v) is 12.5. The van der Waals surface area contributed by atoms with E-state index in [0.29, 0.717) is 25.8 Å². The van der Waals surface area contributed by atoms with Crippen molar-refractivity contribution in [1.29, 1.82) is 0 Å². The first kappa shape index (κ1) is 25.0. The van der Waals surface area contributed by atoms with Crippen molar-refractivity contribution in [3.05, 3.63) is 71.8 Å². The van der Waals surface area contributed by atoms with Crippen molar-refractivity contribution in [3.8, 4) is 0 Å². The van der Waals surface area contributed by atoms with Crippen molar-refractivity contribution in [3.63, 3.8) is 0 Å². The van der Waals surface area contributed by atoms with Crippen molar-refractivity contribution in [1.82, 2.24) is 4.90 Å². The third-order valence-corrected chi connectivity index (χ3v) is 6.74. The molecule has 0 aliphatic carbocycles. The van der Waals surface area contributed by atoms with Crippen molar-refractivity contribution >= 4 is 20.1 Å². The highest BCUT2D eigenvalue weighted by Gasteiger charge is 2.40. The van der Waals surface area contributed by atoms with Gasteiger partial charge in [0.25, 0.3) is 5.91 Å². The molecule has 0 spiro atoms. The van der Waals surface area contributed by atoms with Gasteiger partial charge in [0, 0.05) is 11.1 Å². The van der Waals surface area contributed by atoms with Crippen LogP contribution in [0.3, 0.4) is 0 Å². The maximum Gasteiger partial charge on any atom is 0.698 e. The number of benzene rings is 2. The zero-order valence-corrected chi connectivity index (χ0v) is 19.7. The predicted molar refractivity (Wildman–Crippen MR) is 125 cm³/mol. The van der Waals surface area contributed by atoms with Crippen LogP contribution in [-0.2, 0) is 29.6 Å². The van der Waals surface area contributed by atoms with Gasteiger partial charge in [0.05, 0.1) is 0 Å². The summed E-state index contributed by atoms with van der Waals surface area (Å²) in [7, 11) is -2.57. The van der Waals surface area contributed by atoms with Gasteiger partial charge < -0.3 is 10.0 Å². The maximum absolute atomic E-state index is 12.7. The van der Waals surface area contributed by atoms with E-state index in [2.05, 4.69) is 12.1 Å². The minimum Gasteiger partial charge on any atom is -0.480 e. The number of amides is 1. The Morgan fingerprint density at radius 3 is 2.39 bits per heavy atom. The number of nitrogens with zero attached hydrogens (tertiary/aromatic N) is 1. The minimum atomic E-state index is -2.57. The number of unbranched alkanes of at least 4 members (excludes halogenated alkanes) is 1. The predicted octanol–water partition coefficient (Wildman–Crippen LogP) is 5.30. The fourth-order valence-corrected chi connectivity index (χ4v) is 4.91. The van der Waals surface area contributed by atoms with Crippen molar-refractivity contribution in [2.45, 2.75) is 63.7 Å². The fourth-order valence-electron chi connectivity index (χ4n) is 4.08. The number of aliphatic carboxylic acids is 1. The molecule has 1 fully saturated rings. The van der Waals surface area contributed by atoms with Crippen LogP contribution in [0.25, 0.3) is 0 Å². The molecule has 0 radical (unpaired) electrons. The van der Waals surface area contributed by atoms with E-state index >= 15 is 0 Å². The molecule has 7 nitrogen and oxygen atoms in total. The lowest BCUT2D eigenvalue weighted by Gasteiger charge is -2.22. The summed E-state index contributed by atoms with van der Waals surface area (Å²) in [5.74, 6) is -1.51. The van der Waals surface area contributed by atoms with Crippen LogP contribution in [0.2, 0.25) is 0 Å².